The van der Waals surface area contributed by atoms with Crippen LogP contribution in [-0.2, 0) is 16.0 Å². The fourth-order valence-electron chi connectivity index (χ4n) is 1.74. The lowest BCUT2D eigenvalue weighted by Crippen LogP contribution is -2.37. The van der Waals surface area contributed by atoms with Crippen molar-refractivity contribution in [2.45, 2.75) is 19.9 Å². The Hall–Kier alpha value is -1.59. The molecule has 1 aromatic rings. The van der Waals surface area contributed by atoms with Gasteiger partial charge in [0.2, 0.25) is 0 Å². The summed E-state index contributed by atoms with van der Waals surface area (Å²) in [5.74, 6) is 0.812. The number of benzene rings is 1. The van der Waals surface area contributed by atoms with E-state index >= 15 is 0 Å². The van der Waals surface area contributed by atoms with Gasteiger partial charge < -0.3 is 20.1 Å². The highest BCUT2D eigenvalue weighted by atomic mass is 16.5. The second kappa shape index (κ2) is 11.1. The van der Waals surface area contributed by atoms with Crippen LogP contribution < -0.4 is 10.6 Å². The summed E-state index contributed by atoms with van der Waals surface area (Å²) in [6.45, 7) is 5.71. The molecule has 0 aliphatic carbocycles. The number of hydrogen-bond acceptors (Lipinski definition) is 3. The van der Waals surface area contributed by atoms with Crippen LogP contribution in [0.4, 0.5) is 0 Å². The van der Waals surface area contributed by atoms with E-state index in [1.807, 2.05) is 0 Å². The summed E-state index contributed by atoms with van der Waals surface area (Å²) in [5.41, 5.74) is 2.51. The van der Waals surface area contributed by atoms with Crippen molar-refractivity contribution in [2.75, 3.05) is 40.5 Å². The summed E-state index contributed by atoms with van der Waals surface area (Å²) in [5, 5.41) is 6.56. The predicted molar refractivity (Wildman–Crippen MR) is 86.7 cm³/mol. The van der Waals surface area contributed by atoms with E-state index in [-0.39, 0.29) is 0 Å². The number of rotatable bonds is 9. The van der Waals surface area contributed by atoms with Crippen LogP contribution in [0.1, 0.15) is 17.5 Å². The first-order valence-electron chi connectivity index (χ1n) is 7.33. The first-order valence-corrected chi connectivity index (χ1v) is 7.33. The van der Waals surface area contributed by atoms with E-state index in [0.717, 1.165) is 32.1 Å². The molecule has 118 valence electrons. The molecule has 2 N–H and O–H groups in total. The molecule has 0 heterocycles. The summed E-state index contributed by atoms with van der Waals surface area (Å²) >= 11 is 0. The van der Waals surface area contributed by atoms with Crippen LogP contribution in [0.3, 0.4) is 0 Å². The van der Waals surface area contributed by atoms with Gasteiger partial charge in [-0.25, -0.2) is 0 Å². The highest BCUT2D eigenvalue weighted by Crippen LogP contribution is 2.02. The maximum Gasteiger partial charge on any atom is 0.191 e. The zero-order valence-corrected chi connectivity index (χ0v) is 13.3. The fourth-order valence-corrected chi connectivity index (χ4v) is 1.74. The minimum Gasteiger partial charge on any atom is -0.382 e. The van der Waals surface area contributed by atoms with Crippen LogP contribution in [0.25, 0.3) is 0 Å². The van der Waals surface area contributed by atoms with Crippen molar-refractivity contribution >= 4 is 5.96 Å². The zero-order chi connectivity index (χ0) is 15.3. The van der Waals surface area contributed by atoms with Crippen molar-refractivity contribution in [3.8, 4) is 0 Å². The molecule has 1 aromatic carbocycles. The van der Waals surface area contributed by atoms with Gasteiger partial charge in [0.25, 0.3) is 0 Å². The largest absolute Gasteiger partial charge is 0.382 e. The molecule has 0 saturated heterocycles. The van der Waals surface area contributed by atoms with Gasteiger partial charge >= 0.3 is 0 Å². The Morgan fingerprint density at radius 2 is 1.86 bits per heavy atom. The highest BCUT2D eigenvalue weighted by molar-refractivity contribution is 5.79. The molecular formula is C16H27N3O2. The molecule has 0 saturated carbocycles. The average Bonchev–Trinajstić information content (AvgIpc) is 2.51. The van der Waals surface area contributed by atoms with Gasteiger partial charge in [0.05, 0.1) is 13.2 Å². The zero-order valence-electron chi connectivity index (χ0n) is 13.3. The number of guanidine groups is 1. The Morgan fingerprint density at radius 1 is 1.10 bits per heavy atom. The van der Waals surface area contributed by atoms with Crippen LogP contribution in [0.2, 0.25) is 0 Å². The average molecular weight is 293 g/mol. The summed E-state index contributed by atoms with van der Waals surface area (Å²) in [6.07, 6.45) is 0.939. The molecule has 5 heteroatoms. The van der Waals surface area contributed by atoms with Crippen molar-refractivity contribution in [3.05, 3.63) is 35.4 Å². The van der Waals surface area contributed by atoms with Crippen molar-refractivity contribution in [1.29, 1.82) is 0 Å². The number of methoxy groups -OCH3 is 1. The minimum absolute atomic E-state index is 0.646. The molecule has 0 aliphatic rings. The number of aliphatic imine (C=N–C) groups is 1. The molecule has 0 aliphatic heterocycles. The molecule has 5 nitrogen and oxygen atoms in total. The van der Waals surface area contributed by atoms with E-state index in [2.05, 4.69) is 46.8 Å². The van der Waals surface area contributed by atoms with Crippen LogP contribution in [0.15, 0.2) is 29.3 Å². The quantitative estimate of drug-likeness (QED) is 0.413. The van der Waals surface area contributed by atoms with Crippen LogP contribution in [0.5, 0.6) is 0 Å². The van der Waals surface area contributed by atoms with E-state index in [0.29, 0.717) is 13.2 Å². The third kappa shape index (κ3) is 8.32. The number of hydrogen-bond donors (Lipinski definition) is 2. The van der Waals surface area contributed by atoms with Gasteiger partial charge in [-0.2, -0.15) is 0 Å². The van der Waals surface area contributed by atoms with Crippen LogP contribution in [0, 0.1) is 6.92 Å². The smallest absolute Gasteiger partial charge is 0.191 e. The topological polar surface area (TPSA) is 54.9 Å². The molecule has 0 atom stereocenters. The number of aryl methyl sites for hydroxylation is 1. The molecule has 0 aromatic heterocycles. The van der Waals surface area contributed by atoms with Gasteiger partial charge in [-0.05, 0) is 18.9 Å². The lowest BCUT2D eigenvalue weighted by Gasteiger charge is -2.12. The van der Waals surface area contributed by atoms with Gasteiger partial charge in [-0.3, -0.25) is 4.99 Å². The second-order valence-electron chi connectivity index (χ2n) is 4.80. The first-order chi connectivity index (χ1) is 10.3. The Kier molecular flexibility index (Phi) is 9.24. The lowest BCUT2D eigenvalue weighted by atomic mass is 10.1. The monoisotopic (exact) mass is 293 g/mol. The normalized spacial score (nSPS) is 11.5. The number of nitrogens with zero attached hydrogens (tertiary/aromatic N) is 1. The molecule has 0 unspecified atom stereocenters. The van der Waals surface area contributed by atoms with E-state index in [1.165, 1.54) is 11.1 Å². The van der Waals surface area contributed by atoms with Gasteiger partial charge in [0, 0.05) is 33.9 Å². The molecule has 0 spiro atoms. The summed E-state index contributed by atoms with van der Waals surface area (Å²) in [7, 11) is 3.45. The van der Waals surface area contributed by atoms with E-state index in [4.69, 9.17) is 9.47 Å². The Balaban J connectivity index is 2.13. The molecular weight excluding hydrogens is 266 g/mol. The summed E-state index contributed by atoms with van der Waals surface area (Å²) in [6, 6.07) is 8.48. The van der Waals surface area contributed by atoms with Crippen molar-refractivity contribution in [1.82, 2.24) is 10.6 Å². The standard InChI is InChI=1S/C16H27N3O2/c1-14-5-7-15(8-6-14)13-19-16(17-2)18-9-4-10-21-12-11-20-3/h5-8H,4,9-13H2,1-3H3,(H2,17,18,19). The first kappa shape index (κ1) is 17.5. The summed E-state index contributed by atoms with van der Waals surface area (Å²) in [4.78, 5) is 4.20. The molecule has 0 radical (unpaired) electrons. The Bertz CT molecular complexity index is 404. The molecule has 1 rings (SSSR count). The molecule has 0 bridgehead atoms. The van der Waals surface area contributed by atoms with Gasteiger partial charge in [0.1, 0.15) is 0 Å². The van der Waals surface area contributed by atoms with Crippen molar-refractivity contribution < 1.29 is 9.47 Å². The van der Waals surface area contributed by atoms with Gasteiger partial charge in [-0.1, -0.05) is 29.8 Å². The third-order valence-electron chi connectivity index (χ3n) is 2.99. The number of nitrogens with one attached hydrogen (secondary N) is 2. The molecule has 21 heavy (non-hydrogen) atoms. The predicted octanol–water partition coefficient (Wildman–Crippen LogP) is 1.71. The molecule has 0 amide bonds. The van der Waals surface area contributed by atoms with E-state index in [9.17, 15) is 0 Å². The van der Waals surface area contributed by atoms with Crippen LogP contribution in [-0.4, -0.2) is 46.5 Å². The lowest BCUT2D eigenvalue weighted by molar-refractivity contribution is 0.0698. The van der Waals surface area contributed by atoms with Crippen LogP contribution >= 0.6 is 0 Å². The SMILES string of the molecule is CN=C(NCCCOCCOC)NCc1ccc(C)cc1. The Labute approximate surface area is 127 Å². The maximum absolute atomic E-state index is 5.40. The van der Waals surface area contributed by atoms with Crippen molar-refractivity contribution in [2.24, 2.45) is 4.99 Å². The van der Waals surface area contributed by atoms with E-state index < -0.39 is 0 Å². The van der Waals surface area contributed by atoms with E-state index in [1.54, 1.807) is 14.2 Å². The minimum atomic E-state index is 0.646. The fraction of sp³-hybridized carbons (Fsp3) is 0.562. The van der Waals surface area contributed by atoms with Gasteiger partial charge in [-0.15, -0.1) is 0 Å². The maximum atomic E-state index is 5.40. The third-order valence-corrected chi connectivity index (χ3v) is 2.99. The number of ether oxygens (including phenoxy) is 2. The summed E-state index contributed by atoms with van der Waals surface area (Å²) < 4.78 is 10.3. The Morgan fingerprint density at radius 3 is 2.52 bits per heavy atom. The second-order valence-corrected chi connectivity index (χ2v) is 4.80. The molecule has 0 fully saturated rings. The highest BCUT2D eigenvalue weighted by Gasteiger charge is 1.98. The van der Waals surface area contributed by atoms with Crippen molar-refractivity contribution in [3.63, 3.8) is 0 Å². The van der Waals surface area contributed by atoms with Gasteiger partial charge in [0.15, 0.2) is 5.96 Å².